The number of nitriles is 1. The molecule has 3 aromatic heterocycles. The number of alkyl halides is 2. The van der Waals surface area contributed by atoms with Crippen LogP contribution in [0.1, 0.15) is 37.2 Å². The van der Waals surface area contributed by atoms with Gasteiger partial charge in [-0.1, -0.05) is 18.5 Å². The highest BCUT2D eigenvalue weighted by Crippen LogP contribution is 2.36. The molecule has 0 N–H and O–H groups in total. The summed E-state index contributed by atoms with van der Waals surface area (Å²) in [5.41, 5.74) is 2.75. The lowest BCUT2D eigenvalue weighted by Gasteiger charge is -2.18. The Bertz CT molecular complexity index is 1330. The van der Waals surface area contributed by atoms with Gasteiger partial charge in [0.15, 0.2) is 5.82 Å². The minimum Gasteiger partial charge on any atom is -0.496 e. The van der Waals surface area contributed by atoms with Crippen molar-refractivity contribution in [3.8, 4) is 34.3 Å². The first-order valence-corrected chi connectivity index (χ1v) is 10.3. The lowest BCUT2D eigenvalue weighted by Crippen LogP contribution is -2.12. The van der Waals surface area contributed by atoms with Crippen LogP contribution in [-0.2, 0) is 0 Å². The summed E-state index contributed by atoms with van der Waals surface area (Å²) in [4.78, 5) is 8.51. The smallest absolute Gasteiger partial charge is 0.335 e. The molecule has 33 heavy (non-hydrogen) atoms. The molecule has 1 aromatic carbocycles. The fourth-order valence-corrected chi connectivity index (χ4v) is 3.77. The van der Waals surface area contributed by atoms with E-state index in [1.165, 1.54) is 13.3 Å². The molecule has 8 nitrogen and oxygen atoms in total. The number of methoxy groups -OCH3 is 1. The molecule has 0 bridgehead atoms. The van der Waals surface area contributed by atoms with E-state index < -0.39 is 6.55 Å². The molecule has 4 aromatic rings. The van der Waals surface area contributed by atoms with E-state index in [4.69, 9.17) is 16.3 Å². The molecule has 0 spiro atoms. The third kappa shape index (κ3) is 4.27. The van der Waals surface area contributed by atoms with Gasteiger partial charge in [-0.25, -0.2) is 4.98 Å². The summed E-state index contributed by atoms with van der Waals surface area (Å²) in [5.74, 6) is 0.541. The third-order valence-electron chi connectivity index (χ3n) is 5.16. The van der Waals surface area contributed by atoms with E-state index in [1.807, 2.05) is 6.92 Å². The van der Waals surface area contributed by atoms with Crippen LogP contribution < -0.4 is 4.74 Å². The Morgan fingerprint density at radius 1 is 1.15 bits per heavy atom. The zero-order valence-electron chi connectivity index (χ0n) is 17.7. The van der Waals surface area contributed by atoms with E-state index in [9.17, 15) is 14.0 Å². The summed E-state index contributed by atoms with van der Waals surface area (Å²) in [5, 5.41) is 17.9. The number of rotatable bonds is 7. The zero-order chi connectivity index (χ0) is 23.5. The summed E-state index contributed by atoms with van der Waals surface area (Å²) in [6.07, 6.45) is 6.42. The second-order valence-electron chi connectivity index (χ2n) is 7.05. The quantitative estimate of drug-likeness (QED) is 0.372. The van der Waals surface area contributed by atoms with Gasteiger partial charge in [-0.05, 0) is 24.6 Å². The third-order valence-corrected chi connectivity index (χ3v) is 5.40. The van der Waals surface area contributed by atoms with Crippen LogP contribution in [0.4, 0.5) is 8.78 Å². The fourth-order valence-electron chi connectivity index (χ4n) is 3.60. The molecule has 0 aliphatic carbocycles. The van der Waals surface area contributed by atoms with Gasteiger partial charge < -0.3 is 4.74 Å². The van der Waals surface area contributed by atoms with Crippen molar-refractivity contribution in [1.29, 1.82) is 5.26 Å². The second-order valence-corrected chi connectivity index (χ2v) is 7.49. The molecule has 1 unspecified atom stereocenters. The first-order valence-electron chi connectivity index (χ1n) is 9.93. The van der Waals surface area contributed by atoms with E-state index in [2.05, 4.69) is 26.2 Å². The zero-order valence-corrected chi connectivity index (χ0v) is 18.4. The Hall–Kier alpha value is -3.84. The Morgan fingerprint density at radius 2 is 1.97 bits per heavy atom. The van der Waals surface area contributed by atoms with Gasteiger partial charge in [-0.2, -0.15) is 28.9 Å². The molecule has 0 fully saturated rings. The lowest BCUT2D eigenvalue weighted by atomic mass is 9.99. The SMILES string of the molecule is CCC(c1cc(OC)c(-c2cc(Cl)ccc2C#N)cn1)n1cc(-c2ncnn2C(F)F)cn1. The standard InChI is InChI=1S/C22H18ClF2N7O/c1-3-19(31-11-14(9-29-31)21-28-12-30-32(21)22(24)25)18-7-20(33-2)17(10-27-18)16-6-15(23)5-4-13(16)8-26/h4-7,9-12,19,22H,3H2,1-2H3. The maximum Gasteiger partial charge on any atom is 0.335 e. The van der Waals surface area contributed by atoms with E-state index >= 15 is 0 Å². The molecular formula is C22H18ClF2N7O. The van der Waals surface area contributed by atoms with Gasteiger partial charge in [0.25, 0.3) is 0 Å². The Morgan fingerprint density at radius 3 is 2.67 bits per heavy atom. The summed E-state index contributed by atoms with van der Waals surface area (Å²) in [7, 11) is 1.53. The lowest BCUT2D eigenvalue weighted by molar-refractivity contribution is 0.0582. The van der Waals surface area contributed by atoms with Crippen LogP contribution in [0.2, 0.25) is 5.02 Å². The molecule has 1 atom stereocenters. The molecule has 0 aliphatic heterocycles. The monoisotopic (exact) mass is 469 g/mol. The van der Waals surface area contributed by atoms with Crippen molar-refractivity contribution < 1.29 is 13.5 Å². The molecule has 0 saturated carbocycles. The molecule has 168 valence electrons. The van der Waals surface area contributed by atoms with Gasteiger partial charge in [0.2, 0.25) is 0 Å². The summed E-state index contributed by atoms with van der Waals surface area (Å²) >= 11 is 6.14. The molecule has 3 heterocycles. The van der Waals surface area contributed by atoms with Crippen LogP contribution in [0.5, 0.6) is 5.75 Å². The van der Waals surface area contributed by atoms with Crippen molar-refractivity contribution in [2.45, 2.75) is 25.9 Å². The number of halogens is 3. The van der Waals surface area contributed by atoms with Crippen molar-refractivity contribution in [1.82, 2.24) is 29.5 Å². The van der Waals surface area contributed by atoms with Gasteiger partial charge in [-0.15, -0.1) is 0 Å². The van der Waals surface area contributed by atoms with Gasteiger partial charge in [0.05, 0.1) is 42.2 Å². The number of pyridine rings is 1. The van der Waals surface area contributed by atoms with Crippen LogP contribution in [0.3, 0.4) is 0 Å². The Kier molecular flexibility index (Phi) is 6.33. The molecule has 0 aliphatic rings. The van der Waals surface area contributed by atoms with Crippen molar-refractivity contribution in [3.63, 3.8) is 0 Å². The number of aromatic nitrogens is 6. The molecule has 0 amide bonds. The summed E-state index contributed by atoms with van der Waals surface area (Å²) < 4.78 is 34.1. The fraction of sp³-hybridized carbons (Fsp3) is 0.227. The van der Waals surface area contributed by atoms with Crippen molar-refractivity contribution in [2.24, 2.45) is 0 Å². The van der Waals surface area contributed by atoms with Crippen LogP contribution >= 0.6 is 11.6 Å². The van der Waals surface area contributed by atoms with Gasteiger partial charge >= 0.3 is 6.55 Å². The minimum absolute atomic E-state index is 0.0250. The largest absolute Gasteiger partial charge is 0.496 e. The van der Waals surface area contributed by atoms with Crippen LogP contribution in [0.15, 0.2) is 49.2 Å². The number of nitrogens with zero attached hydrogens (tertiary/aromatic N) is 7. The van der Waals surface area contributed by atoms with Crippen molar-refractivity contribution in [2.75, 3.05) is 7.11 Å². The number of hydrogen-bond donors (Lipinski definition) is 0. The maximum atomic E-state index is 13.2. The summed E-state index contributed by atoms with van der Waals surface area (Å²) in [6, 6.07) is 8.61. The highest BCUT2D eigenvalue weighted by atomic mass is 35.5. The van der Waals surface area contributed by atoms with Crippen molar-refractivity contribution >= 4 is 11.6 Å². The Balaban J connectivity index is 1.72. The maximum absolute atomic E-state index is 13.2. The van der Waals surface area contributed by atoms with Crippen LogP contribution in [0.25, 0.3) is 22.5 Å². The number of ether oxygens (including phenoxy) is 1. The van der Waals surface area contributed by atoms with E-state index in [-0.39, 0.29) is 11.9 Å². The first kappa shape index (κ1) is 22.4. The van der Waals surface area contributed by atoms with E-state index in [1.54, 1.807) is 41.3 Å². The van der Waals surface area contributed by atoms with Crippen LogP contribution in [0, 0.1) is 11.3 Å². The molecule has 0 radical (unpaired) electrons. The van der Waals surface area contributed by atoms with Gasteiger partial charge in [0, 0.05) is 34.6 Å². The molecular weight excluding hydrogens is 452 g/mol. The average molecular weight is 470 g/mol. The molecule has 0 saturated heterocycles. The highest BCUT2D eigenvalue weighted by Gasteiger charge is 2.21. The number of benzene rings is 1. The second kappa shape index (κ2) is 9.34. The predicted molar refractivity (Wildman–Crippen MR) is 117 cm³/mol. The molecule has 4 rings (SSSR count). The van der Waals surface area contributed by atoms with E-state index in [0.29, 0.717) is 49.8 Å². The van der Waals surface area contributed by atoms with Crippen LogP contribution in [-0.4, -0.2) is 36.6 Å². The Labute approximate surface area is 193 Å². The van der Waals surface area contributed by atoms with Gasteiger partial charge in [0.1, 0.15) is 12.1 Å². The predicted octanol–water partition coefficient (Wildman–Crippen LogP) is 5.13. The first-order chi connectivity index (χ1) is 16.0. The van der Waals surface area contributed by atoms with Gasteiger partial charge in [-0.3, -0.25) is 9.67 Å². The normalized spacial score (nSPS) is 12.0. The number of hydrogen-bond acceptors (Lipinski definition) is 6. The molecule has 11 heteroatoms. The average Bonchev–Trinajstić information content (AvgIpc) is 3.49. The topological polar surface area (TPSA) is 94.4 Å². The highest BCUT2D eigenvalue weighted by molar-refractivity contribution is 6.31. The summed E-state index contributed by atoms with van der Waals surface area (Å²) in [6.45, 7) is -0.850. The van der Waals surface area contributed by atoms with E-state index in [0.717, 1.165) is 6.33 Å². The van der Waals surface area contributed by atoms with Crippen molar-refractivity contribution in [3.05, 3.63) is 65.5 Å². The minimum atomic E-state index is -2.81.